The molecule has 0 aliphatic heterocycles. The highest BCUT2D eigenvalue weighted by atomic mass is 16.3. The van der Waals surface area contributed by atoms with Gasteiger partial charge in [-0.05, 0) is 18.1 Å². The Kier molecular flexibility index (Phi) is 4.90. The summed E-state index contributed by atoms with van der Waals surface area (Å²) in [6, 6.07) is 11.0. The molecule has 5 heteroatoms. The topological polar surface area (TPSA) is 73.4 Å². The summed E-state index contributed by atoms with van der Waals surface area (Å²) in [6.07, 6.45) is 1.43. The van der Waals surface area contributed by atoms with E-state index in [4.69, 9.17) is 0 Å². The number of aliphatic hydroxyl groups is 1. The molecule has 1 aromatic heterocycles. The zero-order chi connectivity index (χ0) is 15.2. The van der Waals surface area contributed by atoms with Crippen LogP contribution in [0.4, 0.5) is 0 Å². The van der Waals surface area contributed by atoms with Crippen molar-refractivity contribution in [2.24, 2.45) is 0 Å². The summed E-state index contributed by atoms with van der Waals surface area (Å²) >= 11 is 0. The third-order valence-electron chi connectivity index (χ3n) is 3.24. The molecule has 2 aromatic rings. The van der Waals surface area contributed by atoms with E-state index in [0.717, 1.165) is 5.56 Å². The number of aromatic amines is 1. The van der Waals surface area contributed by atoms with Crippen LogP contribution in [-0.2, 0) is 6.54 Å². The summed E-state index contributed by atoms with van der Waals surface area (Å²) in [4.78, 5) is 27.9. The molecule has 1 aromatic carbocycles. The number of aryl methyl sites for hydroxylation is 1. The van der Waals surface area contributed by atoms with E-state index < -0.39 is 0 Å². The summed E-state index contributed by atoms with van der Waals surface area (Å²) in [5.41, 5.74) is 1.82. The Morgan fingerprint density at radius 2 is 2.00 bits per heavy atom. The Balaban J connectivity index is 2.25. The van der Waals surface area contributed by atoms with Crippen LogP contribution in [0.5, 0.6) is 0 Å². The zero-order valence-corrected chi connectivity index (χ0v) is 11.9. The molecule has 0 spiro atoms. The maximum absolute atomic E-state index is 12.6. The number of amides is 1. The summed E-state index contributed by atoms with van der Waals surface area (Å²) in [5, 5.41) is 9.17. The molecule has 0 bridgehead atoms. The van der Waals surface area contributed by atoms with Crippen molar-refractivity contribution in [1.29, 1.82) is 0 Å². The molecule has 0 saturated heterocycles. The van der Waals surface area contributed by atoms with Gasteiger partial charge in [0.1, 0.15) is 0 Å². The number of hydrogen-bond acceptors (Lipinski definition) is 3. The van der Waals surface area contributed by atoms with Crippen LogP contribution in [0.2, 0.25) is 0 Å². The fourth-order valence-corrected chi connectivity index (χ4v) is 2.15. The van der Waals surface area contributed by atoms with Gasteiger partial charge in [0.05, 0.1) is 12.2 Å². The molecule has 21 heavy (non-hydrogen) atoms. The van der Waals surface area contributed by atoms with Gasteiger partial charge in [0.15, 0.2) is 0 Å². The molecule has 0 unspecified atom stereocenters. The lowest BCUT2D eigenvalue weighted by Gasteiger charge is -2.22. The lowest BCUT2D eigenvalue weighted by molar-refractivity contribution is 0.0706. The summed E-state index contributed by atoms with van der Waals surface area (Å²) in [7, 11) is 0. The van der Waals surface area contributed by atoms with Gasteiger partial charge in [-0.3, -0.25) is 9.59 Å². The van der Waals surface area contributed by atoms with Crippen molar-refractivity contribution >= 4 is 5.91 Å². The molecular weight excluding hydrogens is 268 g/mol. The van der Waals surface area contributed by atoms with Gasteiger partial charge >= 0.3 is 0 Å². The number of rotatable bonds is 5. The molecule has 0 radical (unpaired) electrons. The summed E-state index contributed by atoms with van der Waals surface area (Å²) in [6.45, 7) is 2.27. The van der Waals surface area contributed by atoms with E-state index in [1.807, 2.05) is 30.3 Å². The highest BCUT2D eigenvalue weighted by molar-refractivity contribution is 5.95. The smallest absolute Gasteiger partial charge is 0.255 e. The maximum atomic E-state index is 12.6. The van der Waals surface area contributed by atoms with Crippen molar-refractivity contribution in [2.75, 3.05) is 13.2 Å². The third-order valence-corrected chi connectivity index (χ3v) is 3.24. The van der Waals surface area contributed by atoms with Crippen LogP contribution >= 0.6 is 0 Å². The monoisotopic (exact) mass is 286 g/mol. The van der Waals surface area contributed by atoms with E-state index in [1.54, 1.807) is 11.8 Å². The molecular formula is C16H18N2O3. The van der Waals surface area contributed by atoms with Crippen LogP contribution in [0.1, 0.15) is 21.5 Å². The number of aromatic nitrogens is 1. The zero-order valence-electron chi connectivity index (χ0n) is 11.9. The fourth-order valence-electron chi connectivity index (χ4n) is 2.15. The minimum absolute atomic E-state index is 0.110. The van der Waals surface area contributed by atoms with Gasteiger partial charge in [-0.2, -0.15) is 0 Å². The van der Waals surface area contributed by atoms with Crippen molar-refractivity contribution < 1.29 is 9.90 Å². The standard InChI is InChI=1S/C16H18N2O3/c1-12-9-15(20)17-10-14(12)16(21)18(7-8-19)11-13-5-3-2-4-6-13/h2-6,9-10,19H,7-8,11H2,1H3,(H,17,20). The second kappa shape index (κ2) is 6.85. The molecule has 2 rings (SSSR count). The van der Waals surface area contributed by atoms with E-state index >= 15 is 0 Å². The molecule has 1 amide bonds. The minimum Gasteiger partial charge on any atom is -0.395 e. The average molecular weight is 286 g/mol. The first-order valence-corrected chi connectivity index (χ1v) is 6.75. The SMILES string of the molecule is Cc1cc(=O)[nH]cc1C(=O)N(CCO)Cc1ccccc1. The van der Waals surface area contributed by atoms with E-state index in [0.29, 0.717) is 17.7 Å². The molecule has 0 aliphatic rings. The average Bonchev–Trinajstić information content (AvgIpc) is 2.47. The second-order valence-electron chi connectivity index (χ2n) is 4.83. The van der Waals surface area contributed by atoms with Gasteiger partial charge in [-0.15, -0.1) is 0 Å². The number of pyridine rings is 1. The first-order valence-electron chi connectivity index (χ1n) is 6.75. The minimum atomic E-state index is -0.235. The van der Waals surface area contributed by atoms with Crippen LogP contribution in [0.3, 0.4) is 0 Å². The van der Waals surface area contributed by atoms with Crippen LogP contribution < -0.4 is 5.56 Å². The molecule has 0 fully saturated rings. The first kappa shape index (κ1) is 15.0. The van der Waals surface area contributed by atoms with E-state index in [1.165, 1.54) is 12.3 Å². The molecule has 110 valence electrons. The van der Waals surface area contributed by atoms with Crippen LogP contribution in [0.25, 0.3) is 0 Å². The number of carbonyl (C=O) groups is 1. The summed E-state index contributed by atoms with van der Waals surface area (Å²) in [5.74, 6) is -0.207. The lowest BCUT2D eigenvalue weighted by Crippen LogP contribution is -2.34. The number of H-pyrrole nitrogens is 1. The Bertz CT molecular complexity index is 665. The molecule has 0 atom stereocenters. The van der Waals surface area contributed by atoms with Crippen molar-refractivity contribution in [3.05, 3.63) is 69.6 Å². The van der Waals surface area contributed by atoms with Crippen molar-refractivity contribution in [3.63, 3.8) is 0 Å². The van der Waals surface area contributed by atoms with Gasteiger partial charge in [0.2, 0.25) is 5.56 Å². The predicted octanol–water partition coefficient (Wildman–Crippen LogP) is 1.32. The Morgan fingerprint density at radius 1 is 1.29 bits per heavy atom. The second-order valence-corrected chi connectivity index (χ2v) is 4.83. The largest absolute Gasteiger partial charge is 0.395 e. The Morgan fingerprint density at radius 3 is 2.62 bits per heavy atom. The predicted molar refractivity (Wildman–Crippen MR) is 80.1 cm³/mol. The van der Waals surface area contributed by atoms with Crippen LogP contribution in [-0.4, -0.2) is 34.0 Å². The molecule has 1 heterocycles. The van der Waals surface area contributed by atoms with Gasteiger partial charge < -0.3 is 15.0 Å². The summed E-state index contributed by atoms with van der Waals surface area (Å²) < 4.78 is 0. The third kappa shape index (κ3) is 3.79. The normalized spacial score (nSPS) is 10.4. The Hall–Kier alpha value is -2.40. The Labute approximate surface area is 122 Å². The maximum Gasteiger partial charge on any atom is 0.255 e. The van der Waals surface area contributed by atoms with Gasteiger partial charge in [0.25, 0.3) is 5.91 Å². The molecule has 0 saturated carbocycles. The number of nitrogens with zero attached hydrogens (tertiary/aromatic N) is 1. The molecule has 0 aliphatic carbocycles. The number of aliphatic hydroxyl groups excluding tert-OH is 1. The molecule has 2 N–H and O–H groups in total. The number of benzene rings is 1. The van der Waals surface area contributed by atoms with Gasteiger partial charge in [0, 0.05) is 25.4 Å². The van der Waals surface area contributed by atoms with E-state index in [9.17, 15) is 14.7 Å². The fraction of sp³-hybridized carbons (Fsp3) is 0.250. The van der Waals surface area contributed by atoms with Crippen molar-refractivity contribution in [3.8, 4) is 0 Å². The highest BCUT2D eigenvalue weighted by Gasteiger charge is 2.17. The van der Waals surface area contributed by atoms with Gasteiger partial charge in [-0.25, -0.2) is 0 Å². The van der Waals surface area contributed by atoms with Gasteiger partial charge in [-0.1, -0.05) is 30.3 Å². The van der Waals surface area contributed by atoms with Crippen molar-refractivity contribution in [2.45, 2.75) is 13.5 Å². The number of nitrogens with one attached hydrogen (secondary N) is 1. The van der Waals surface area contributed by atoms with E-state index in [-0.39, 0.29) is 24.6 Å². The first-order chi connectivity index (χ1) is 10.1. The quantitative estimate of drug-likeness (QED) is 0.870. The molecule has 5 nitrogen and oxygen atoms in total. The number of carbonyl (C=O) groups excluding carboxylic acids is 1. The van der Waals surface area contributed by atoms with E-state index in [2.05, 4.69) is 4.98 Å². The van der Waals surface area contributed by atoms with Crippen LogP contribution in [0, 0.1) is 6.92 Å². The van der Waals surface area contributed by atoms with Crippen LogP contribution in [0.15, 0.2) is 47.4 Å². The van der Waals surface area contributed by atoms with Crippen molar-refractivity contribution in [1.82, 2.24) is 9.88 Å². The highest BCUT2D eigenvalue weighted by Crippen LogP contribution is 2.11. The lowest BCUT2D eigenvalue weighted by atomic mass is 10.1. The number of hydrogen-bond donors (Lipinski definition) is 2.